The number of aromatic nitrogens is 2. The number of carbonyl (C=O) groups is 1. The number of nitrogens with one attached hydrogen (secondary N) is 1. The summed E-state index contributed by atoms with van der Waals surface area (Å²) in [6.45, 7) is 1.10. The van der Waals surface area contributed by atoms with Crippen LogP contribution >= 0.6 is 0 Å². The summed E-state index contributed by atoms with van der Waals surface area (Å²) >= 11 is 0. The van der Waals surface area contributed by atoms with Crippen LogP contribution in [0.5, 0.6) is 0 Å². The van der Waals surface area contributed by atoms with E-state index in [1.165, 1.54) is 0 Å². The molecular formula is C17H21N3O2. The van der Waals surface area contributed by atoms with Crippen LogP contribution in [0.1, 0.15) is 42.5 Å². The molecule has 2 N–H and O–H groups in total. The molecule has 1 aliphatic carbocycles. The number of carbonyl (C=O) groups excluding carboxylic acids is 1. The Bertz CT molecular complexity index is 701. The van der Waals surface area contributed by atoms with Crippen molar-refractivity contribution in [2.75, 3.05) is 18.1 Å². The minimum Gasteiger partial charge on any atom is -0.396 e. The minimum absolute atomic E-state index is 0.200. The Morgan fingerprint density at radius 3 is 2.91 bits per heavy atom. The van der Waals surface area contributed by atoms with Gasteiger partial charge in [-0.15, -0.1) is 0 Å². The highest BCUT2D eigenvalue weighted by Gasteiger charge is 2.32. The Morgan fingerprint density at radius 2 is 2.14 bits per heavy atom. The summed E-state index contributed by atoms with van der Waals surface area (Å²) in [5, 5.41) is 10.4. The second-order valence-corrected chi connectivity index (χ2v) is 6.48. The molecule has 4 rings (SSSR count). The zero-order valence-electron chi connectivity index (χ0n) is 12.6. The van der Waals surface area contributed by atoms with Crippen LogP contribution in [-0.2, 0) is 0 Å². The van der Waals surface area contributed by atoms with E-state index in [0.29, 0.717) is 25.0 Å². The summed E-state index contributed by atoms with van der Waals surface area (Å²) in [6.07, 6.45) is 8.51. The molecule has 3 heterocycles. The molecule has 5 nitrogen and oxygen atoms in total. The van der Waals surface area contributed by atoms with E-state index in [0.717, 1.165) is 54.5 Å². The van der Waals surface area contributed by atoms with Crippen LogP contribution in [0.4, 0.5) is 5.69 Å². The van der Waals surface area contributed by atoms with Gasteiger partial charge in [0.05, 0.1) is 11.3 Å². The van der Waals surface area contributed by atoms with Gasteiger partial charge in [-0.05, 0) is 37.7 Å². The van der Waals surface area contributed by atoms with Crippen molar-refractivity contribution < 1.29 is 9.90 Å². The Morgan fingerprint density at radius 1 is 1.32 bits per heavy atom. The Labute approximate surface area is 129 Å². The van der Waals surface area contributed by atoms with Crippen molar-refractivity contribution in [3.8, 4) is 0 Å². The van der Waals surface area contributed by atoms with Gasteiger partial charge in [0.2, 0.25) is 0 Å². The molecule has 0 bridgehead atoms. The summed E-state index contributed by atoms with van der Waals surface area (Å²) in [7, 11) is 0. The summed E-state index contributed by atoms with van der Waals surface area (Å²) in [4.78, 5) is 22.2. The first-order chi connectivity index (χ1) is 10.8. The van der Waals surface area contributed by atoms with E-state index in [4.69, 9.17) is 0 Å². The summed E-state index contributed by atoms with van der Waals surface area (Å²) in [5.41, 5.74) is 2.68. The SMILES string of the molecule is O=C1CCN(C2CCC(CO)CC2)c2c1cnc1[nH]ccc21. The van der Waals surface area contributed by atoms with Crippen LogP contribution in [0.25, 0.3) is 11.0 Å². The lowest BCUT2D eigenvalue weighted by atomic mass is 9.84. The van der Waals surface area contributed by atoms with Gasteiger partial charge in [-0.1, -0.05) is 0 Å². The van der Waals surface area contributed by atoms with Crippen molar-refractivity contribution in [3.05, 3.63) is 24.0 Å². The van der Waals surface area contributed by atoms with Gasteiger partial charge in [-0.2, -0.15) is 0 Å². The first kappa shape index (κ1) is 13.8. The van der Waals surface area contributed by atoms with Crippen molar-refractivity contribution in [2.24, 2.45) is 5.92 Å². The Kier molecular flexibility index (Phi) is 3.37. The molecule has 0 unspecified atom stereocenters. The molecule has 1 aliphatic heterocycles. The van der Waals surface area contributed by atoms with E-state index in [2.05, 4.69) is 14.9 Å². The van der Waals surface area contributed by atoms with Gasteiger partial charge in [0.25, 0.3) is 0 Å². The zero-order valence-corrected chi connectivity index (χ0v) is 12.6. The quantitative estimate of drug-likeness (QED) is 0.894. The van der Waals surface area contributed by atoms with Crippen LogP contribution in [0.15, 0.2) is 18.5 Å². The standard InChI is InChI=1S/C17H21N3O2/c21-10-11-1-3-12(4-2-11)20-8-6-15(22)14-9-19-17-13(16(14)20)5-7-18-17/h5,7,9,11-12,21H,1-4,6,8,10H2,(H,18,19). The van der Waals surface area contributed by atoms with Crippen LogP contribution in [0.3, 0.4) is 0 Å². The predicted molar refractivity (Wildman–Crippen MR) is 85.2 cm³/mol. The molecule has 0 radical (unpaired) electrons. The van der Waals surface area contributed by atoms with E-state index in [1.807, 2.05) is 12.3 Å². The van der Waals surface area contributed by atoms with Crippen molar-refractivity contribution in [2.45, 2.75) is 38.1 Å². The van der Waals surface area contributed by atoms with Crippen LogP contribution < -0.4 is 4.90 Å². The van der Waals surface area contributed by atoms with Gasteiger partial charge in [-0.3, -0.25) is 4.79 Å². The maximum atomic E-state index is 12.3. The van der Waals surface area contributed by atoms with Crippen molar-refractivity contribution >= 4 is 22.5 Å². The average Bonchev–Trinajstić information content (AvgIpc) is 3.04. The van der Waals surface area contributed by atoms with E-state index >= 15 is 0 Å². The molecule has 0 spiro atoms. The van der Waals surface area contributed by atoms with E-state index < -0.39 is 0 Å². The third kappa shape index (κ3) is 2.11. The largest absolute Gasteiger partial charge is 0.396 e. The second-order valence-electron chi connectivity index (χ2n) is 6.48. The lowest BCUT2D eigenvalue weighted by Crippen LogP contribution is -2.43. The predicted octanol–water partition coefficient (Wildman–Crippen LogP) is 2.51. The number of aromatic amines is 1. The molecule has 5 heteroatoms. The minimum atomic E-state index is 0.200. The Balaban J connectivity index is 1.72. The average molecular weight is 299 g/mol. The first-order valence-corrected chi connectivity index (χ1v) is 8.14. The summed E-state index contributed by atoms with van der Waals surface area (Å²) < 4.78 is 0. The van der Waals surface area contributed by atoms with Gasteiger partial charge in [0.1, 0.15) is 5.65 Å². The number of fused-ring (bicyclic) bond motifs is 3. The third-order valence-electron chi connectivity index (χ3n) is 5.24. The molecule has 1 fully saturated rings. The number of H-pyrrole nitrogens is 1. The number of nitrogens with zero attached hydrogens (tertiary/aromatic N) is 2. The van der Waals surface area contributed by atoms with E-state index in [-0.39, 0.29) is 5.78 Å². The maximum absolute atomic E-state index is 12.3. The van der Waals surface area contributed by atoms with Gasteiger partial charge in [0.15, 0.2) is 5.78 Å². The number of hydrogen-bond acceptors (Lipinski definition) is 4. The molecule has 0 amide bonds. The van der Waals surface area contributed by atoms with Gasteiger partial charge >= 0.3 is 0 Å². The third-order valence-corrected chi connectivity index (χ3v) is 5.24. The molecule has 116 valence electrons. The number of ketones is 1. The number of Topliss-reactive ketones (excluding diaryl/α,β-unsaturated/α-hetero) is 1. The molecule has 1 saturated carbocycles. The van der Waals surface area contributed by atoms with Gasteiger partial charge in [-0.25, -0.2) is 4.98 Å². The fourth-order valence-corrected chi connectivity index (χ4v) is 3.98. The molecule has 2 aromatic rings. The van der Waals surface area contributed by atoms with Crippen LogP contribution in [0, 0.1) is 5.92 Å². The topological polar surface area (TPSA) is 69.2 Å². The fraction of sp³-hybridized carbons (Fsp3) is 0.529. The highest BCUT2D eigenvalue weighted by atomic mass is 16.3. The molecule has 0 atom stereocenters. The van der Waals surface area contributed by atoms with Crippen molar-refractivity contribution in [1.82, 2.24) is 9.97 Å². The molecule has 0 aromatic carbocycles. The molecule has 0 saturated heterocycles. The normalized spacial score (nSPS) is 25.5. The van der Waals surface area contributed by atoms with E-state index in [9.17, 15) is 9.90 Å². The zero-order chi connectivity index (χ0) is 15.1. The van der Waals surface area contributed by atoms with Crippen molar-refractivity contribution in [3.63, 3.8) is 0 Å². The second kappa shape index (κ2) is 5.39. The fourth-order valence-electron chi connectivity index (χ4n) is 3.98. The highest BCUT2D eigenvalue weighted by Crippen LogP contribution is 2.38. The van der Waals surface area contributed by atoms with Crippen LogP contribution in [0.2, 0.25) is 0 Å². The molecular weight excluding hydrogens is 278 g/mol. The molecule has 2 aromatic heterocycles. The van der Waals surface area contributed by atoms with Crippen molar-refractivity contribution in [1.29, 1.82) is 0 Å². The van der Waals surface area contributed by atoms with Gasteiger partial charge in [0, 0.05) is 43.4 Å². The number of hydrogen-bond donors (Lipinski definition) is 2. The maximum Gasteiger partial charge on any atom is 0.168 e. The van der Waals surface area contributed by atoms with E-state index in [1.54, 1.807) is 6.20 Å². The molecule has 22 heavy (non-hydrogen) atoms. The Hall–Kier alpha value is -1.88. The number of rotatable bonds is 2. The van der Waals surface area contributed by atoms with Crippen LogP contribution in [-0.4, -0.2) is 40.1 Å². The lowest BCUT2D eigenvalue weighted by Gasteiger charge is -2.41. The number of aliphatic hydroxyl groups is 1. The first-order valence-electron chi connectivity index (χ1n) is 8.14. The number of anilines is 1. The number of aliphatic hydroxyl groups excluding tert-OH is 1. The highest BCUT2D eigenvalue weighted by molar-refractivity contribution is 6.09. The molecule has 2 aliphatic rings. The van der Waals surface area contributed by atoms with Gasteiger partial charge < -0.3 is 15.0 Å². The number of pyridine rings is 1. The summed E-state index contributed by atoms with van der Waals surface area (Å²) in [5.74, 6) is 0.651. The lowest BCUT2D eigenvalue weighted by molar-refractivity contribution is 0.0977. The smallest absolute Gasteiger partial charge is 0.168 e. The summed E-state index contributed by atoms with van der Waals surface area (Å²) in [6, 6.07) is 2.49. The monoisotopic (exact) mass is 299 g/mol.